The maximum absolute atomic E-state index is 9.64. The molecule has 0 bridgehead atoms. The molecule has 0 atom stereocenters. The highest BCUT2D eigenvalue weighted by molar-refractivity contribution is 5.83. The molecule has 1 aliphatic rings. The molecule has 2 N–H and O–H groups in total. The van der Waals surface area contributed by atoms with E-state index in [-0.39, 0.29) is 12.8 Å². The van der Waals surface area contributed by atoms with Crippen LogP contribution in [0.25, 0.3) is 32.3 Å². The van der Waals surface area contributed by atoms with Gasteiger partial charge in [-0.3, -0.25) is 9.59 Å². The van der Waals surface area contributed by atoms with Crippen molar-refractivity contribution in [2.24, 2.45) is 0 Å². The molecule has 0 spiro atoms. The molecule has 0 saturated carbocycles. The normalized spacial score (nSPS) is 10.7. The minimum atomic E-state index is -1.08. The second-order valence-corrected chi connectivity index (χ2v) is 9.42. The molecule has 0 radical (unpaired) electrons. The van der Waals surface area contributed by atoms with Crippen LogP contribution in [-0.4, -0.2) is 28.8 Å². The number of allylic oxidation sites excluding steroid dienone is 2. The van der Waals surface area contributed by atoms with E-state index in [1.807, 2.05) is 18.2 Å². The van der Waals surface area contributed by atoms with Crippen molar-refractivity contribution in [2.45, 2.75) is 12.8 Å². The summed E-state index contributed by atoms with van der Waals surface area (Å²) in [6, 6.07) is 50.1. The van der Waals surface area contributed by atoms with E-state index in [1.165, 1.54) is 32.3 Å². The van der Waals surface area contributed by atoms with Crippen LogP contribution in [0.3, 0.4) is 0 Å². The molecule has 5 nitrogen and oxygen atoms in total. The van der Waals surface area contributed by atoms with E-state index in [9.17, 15) is 9.59 Å². The Labute approximate surface area is 258 Å². The molecule has 0 saturated heterocycles. The van der Waals surface area contributed by atoms with Gasteiger partial charge < -0.3 is 14.9 Å². The average molecular weight is 585 g/mol. The van der Waals surface area contributed by atoms with E-state index in [0.717, 1.165) is 6.61 Å². The molecule has 6 aromatic carbocycles. The molecular weight excluding hydrogens is 548 g/mol. The van der Waals surface area contributed by atoms with Crippen LogP contribution in [0.5, 0.6) is 0 Å². The highest BCUT2D eigenvalue weighted by Crippen LogP contribution is 2.13. The first-order chi connectivity index (χ1) is 21.5. The predicted molar refractivity (Wildman–Crippen MR) is 181 cm³/mol. The fourth-order valence-electron chi connectivity index (χ4n) is 3.96. The quantitative estimate of drug-likeness (QED) is 0.216. The van der Waals surface area contributed by atoms with E-state index in [0.29, 0.717) is 0 Å². The van der Waals surface area contributed by atoms with Crippen LogP contribution >= 0.6 is 0 Å². The van der Waals surface area contributed by atoms with Gasteiger partial charge in [-0.15, -0.1) is 0 Å². The lowest BCUT2D eigenvalue weighted by molar-refractivity contribution is -0.143. The largest absolute Gasteiger partial charge is 0.497 e. The molecule has 0 amide bonds. The van der Waals surface area contributed by atoms with Crippen molar-refractivity contribution >= 4 is 44.3 Å². The van der Waals surface area contributed by atoms with Crippen molar-refractivity contribution in [3.8, 4) is 0 Å². The zero-order valence-corrected chi connectivity index (χ0v) is 24.4. The Hall–Kier alpha value is -5.68. The number of carboxylic acid groups (broad SMARTS) is 2. The molecule has 1 aliphatic heterocycles. The zero-order valence-electron chi connectivity index (χ0n) is 24.4. The summed E-state index contributed by atoms with van der Waals surface area (Å²) in [4.78, 5) is 19.3. The maximum Gasteiger partial charge on any atom is 0.303 e. The van der Waals surface area contributed by atoms with E-state index in [2.05, 4.69) is 146 Å². The molecule has 5 heteroatoms. The Morgan fingerprint density at radius 3 is 0.818 bits per heavy atom. The molecule has 222 valence electrons. The van der Waals surface area contributed by atoms with Gasteiger partial charge in [-0.2, -0.15) is 0 Å². The highest BCUT2D eigenvalue weighted by atomic mass is 16.5. The van der Waals surface area contributed by atoms with E-state index in [4.69, 9.17) is 14.9 Å². The van der Waals surface area contributed by atoms with Crippen LogP contribution in [0.1, 0.15) is 12.8 Å². The monoisotopic (exact) mass is 584 g/mol. The third kappa shape index (κ3) is 12.9. The van der Waals surface area contributed by atoms with Crippen molar-refractivity contribution in [1.29, 1.82) is 0 Å². The third-order valence-electron chi connectivity index (χ3n) is 6.14. The van der Waals surface area contributed by atoms with Gasteiger partial charge in [0.05, 0.1) is 19.1 Å². The van der Waals surface area contributed by atoms with Crippen LogP contribution in [0, 0.1) is 0 Å². The molecule has 0 aromatic heterocycles. The van der Waals surface area contributed by atoms with Gasteiger partial charge in [-0.05, 0) is 44.5 Å². The first-order valence-electron chi connectivity index (χ1n) is 14.2. The van der Waals surface area contributed by atoms with Gasteiger partial charge in [0.25, 0.3) is 0 Å². The van der Waals surface area contributed by atoms with Gasteiger partial charge in [0, 0.05) is 0 Å². The predicted octanol–water partition coefficient (Wildman–Crippen LogP) is 9.54. The number of rotatable bonds is 3. The summed E-state index contributed by atoms with van der Waals surface area (Å²) < 4.78 is 4.80. The number of ether oxygens (including phenoxy) is 1. The van der Waals surface area contributed by atoms with Crippen molar-refractivity contribution in [1.82, 2.24) is 0 Å². The highest BCUT2D eigenvalue weighted by Gasteiger charge is 2.00. The number of hydrogen-bond donors (Lipinski definition) is 2. The number of aliphatic carboxylic acids is 2. The molecule has 6 aromatic rings. The lowest BCUT2D eigenvalue weighted by Crippen LogP contribution is -2.00. The number of fused-ring (bicyclic) bond motifs is 3. The van der Waals surface area contributed by atoms with Gasteiger partial charge in [0.1, 0.15) is 6.61 Å². The number of carboxylic acids is 2. The van der Waals surface area contributed by atoms with Gasteiger partial charge in [-0.25, -0.2) is 0 Å². The van der Waals surface area contributed by atoms with E-state index < -0.39 is 11.9 Å². The van der Waals surface area contributed by atoms with Crippen LogP contribution in [-0.2, 0) is 14.3 Å². The summed E-state index contributed by atoms with van der Waals surface area (Å²) in [5.41, 5.74) is 0. The second-order valence-electron chi connectivity index (χ2n) is 9.42. The SMILES string of the molecule is C1=CCOC=C1.O=C(O)CCC(=O)O.c1ccc2ccccc2c1.c1ccc2ccccc2c1.c1ccc2ccccc2c1. The topological polar surface area (TPSA) is 83.8 Å². The van der Waals surface area contributed by atoms with E-state index >= 15 is 0 Å². The summed E-state index contributed by atoms with van der Waals surface area (Å²) in [7, 11) is 0. The Morgan fingerprint density at radius 2 is 0.705 bits per heavy atom. The van der Waals surface area contributed by atoms with Gasteiger partial charge in [0.2, 0.25) is 0 Å². The summed E-state index contributed by atoms with van der Waals surface area (Å²) in [6.07, 6.45) is 6.87. The van der Waals surface area contributed by atoms with Crippen LogP contribution in [0.4, 0.5) is 0 Å². The summed E-state index contributed by atoms with van der Waals surface area (Å²) in [6.45, 7) is 0.733. The number of hydrogen-bond acceptors (Lipinski definition) is 3. The van der Waals surface area contributed by atoms with E-state index in [1.54, 1.807) is 6.26 Å². The van der Waals surface area contributed by atoms with Crippen LogP contribution < -0.4 is 0 Å². The third-order valence-corrected chi connectivity index (χ3v) is 6.14. The molecule has 0 fully saturated rings. The minimum absolute atomic E-state index is 0.296. The zero-order chi connectivity index (χ0) is 31.2. The van der Waals surface area contributed by atoms with Crippen molar-refractivity contribution < 1.29 is 24.5 Å². The fourth-order valence-corrected chi connectivity index (χ4v) is 3.96. The first-order valence-corrected chi connectivity index (χ1v) is 14.2. The van der Waals surface area contributed by atoms with Crippen LogP contribution in [0.2, 0.25) is 0 Å². The molecule has 0 aliphatic carbocycles. The Kier molecular flexibility index (Phi) is 14.5. The van der Waals surface area contributed by atoms with Crippen LogP contribution in [0.15, 0.2) is 170 Å². The number of carbonyl (C=O) groups is 2. The Bertz CT molecular complexity index is 1400. The minimum Gasteiger partial charge on any atom is -0.497 e. The average Bonchev–Trinajstić information content (AvgIpc) is 3.09. The second kappa shape index (κ2) is 19.4. The summed E-state index contributed by atoms with van der Waals surface area (Å²) in [5.74, 6) is -2.15. The number of benzene rings is 6. The van der Waals surface area contributed by atoms with Gasteiger partial charge in [0.15, 0.2) is 0 Å². The Morgan fingerprint density at radius 1 is 0.455 bits per heavy atom. The fraction of sp³-hybridized carbons (Fsp3) is 0.0769. The lowest BCUT2D eigenvalue weighted by atomic mass is 10.1. The van der Waals surface area contributed by atoms with Crippen molar-refractivity contribution in [2.75, 3.05) is 6.61 Å². The maximum atomic E-state index is 9.64. The van der Waals surface area contributed by atoms with Gasteiger partial charge in [-0.1, -0.05) is 152 Å². The molecule has 44 heavy (non-hydrogen) atoms. The van der Waals surface area contributed by atoms with Crippen molar-refractivity contribution in [3.63, 3.8) is 0 Å². The summed E-state index contributed by atoms with van der Waals surface area (Å²) in [5, 5.41) is 23.7. The first kappa shape index (κ1) is 32.8. The lowest BCUT2D eigenvalue weighted by Gasteiger charge is -1.94. The molecular formula is C39H36O5. The van der Waals surface area contributed by atoms with Gasteiger partial charge >= 0.3 is 11.9 Å². The molecule has 1 heterocycles. The summed E-state index contributed by atoms with van der Waals surface area (Å²) >= 11 is 0. The Balaban J connectivity index is 0.000000152. The molecule has 7 rings (SSSR count). The standard InChI is InChI=1S/3C10H8.C5H6O.C4H6O4/c3*1-2-6-10-8-4-3-7-9(10)5-1;1-2-4-6-5-3-1;5-3(6)1-2-4(7)8/h3*1-8H;1-4H,5H2;1-2H2,(H,5,6)(H,7,8). The smallest absolute Gasteiger partial charge is 0.303 e. The molecule has 0 unspecified atom stereocenters. The van der Waals surface area contributed by atoms with Crippen molar-refractivity contribution in [3.05, 3.63) is 170 Å².